The van der Waals surface area contributed by atoms with Crippen molar-refractivity contribution in [1.29, 1.82) is 5.26 Å². The van der Waals surface area contributed by atoms with Crippen molar-refractivity contribution < 1.29 is 4.74 Å². The van der Waals surface area contributed by atoms with Crippen LogP contribution >= 0.6 is 0 Å². The fourth-order valence-electron chi connectivity index (χ4n) is 3.90. The molecule has 4 heteroatoms. The second-order valence-electron chi connectivity index (χ2n) is 6.81. The minimum absolute atomic E-state index is 0.641. The Labute approximate surface area is 168 Å². The average molecular weight is 375 g/mol. The van der Waals surface area contributed by atoms with E-state index in [1.54, 1.807) is 19.5 Å². The average Bonchev–Trinajstić information content (AvgIpc) is 3.13. The Kier molecular flexibility index (Phi) is 4.00. The molecule has 0 fully saturated rings. The van der Waals surface area contributed by atoms with Crippen LogP contribution in [0.25, 0.3) is 38.6 Å². The first kappa shape index (κ1) is 17.0. The molecule has 0 aliphatic rings. The molecule has 138 valence electrons. The van der Waals surface area contributed by atoms with E-state index >= 15 is 0 Å². The summed E-state index contributed by atoms with van der Waals surface area (Å²) in [4.78, 5) is 4.10. The number of fused-ring (bicyclic) bond motifs is 3. The van der Waals surface area contributed by atoms with Crippen LogP contribution in [0.1, 0.15) is 5.56 Å². The lowest BCUT2D eigenvalue weighted by Crippen LogP contribution is -1.96. The second kappa shape index (κ2) is 6.81. The van der Waals surface area contributed by atoms with Crippen LogP contribution in [-0.2, 0) is 0 Å². The van der Waals surface area contributed by atoms with Gasteiger partial charge in [-0.1, -0.05) is 18.2 Å². The Morgan fingerprint density at radius 3 is 2.45 bits per heavy atom. The van der Waals surface area contributed by atoms with Gasteiger partial charge < -0.3 is 9.30 Å². The van der Waals surface area contributed by atoms with Gasteiger partial charge in [-0.3, -0.25) is 4.98 Å². The van der Waals surface area contributed by atoms with Gasteiger partial charge in [-0.05, 0) is 60.2 Å². The first-order valence-electron chi connectivity index (χ1n) is 9.32. The summed E-state index contributed by atoms with van der Waals surface area (Å²) in [5.74, 6) is 0.831. The second-order valence-corrected chi connectivity index (χ2v) is 6.81. The number of rotatable bonds is 3. The van der Waals surface area contributed by atoms with Crippen LogP contribution in [0.2, 0.25) is 0 Å². The molecule has 0 bridgehead atoms. The van der Waals surface area contributed by atoms with E-state index in [2.05, 4.69) is 46.0 Å². The predicted molar refractivity (Wildman–Crippen MR) is 115 cm³/mol. The van der Waals surface area contributed by atoms with Gasteiger partial charge in [0, 0.05) is 34.4 Å². The molecule has 0 unspecified atom stereocenters. The summed E-state index contributed by atoms with van der Waals surface area (Å²) in [6.45, 7) is 0. The highest BCUT2D eigenvalue weighted by Crippen LogP contribution is 2.35. The normalized spacial score (nSPS) is 10.9. The molecule has 0 spiro atoms. The summed E-state index contributed by atoms with van der Waals surface area (Å²) in [7, 11) is 1.68. The molecule has 4 nitrogen and oxygen atoms in total. The van der Waals surface area contributed by atoms with E-state index < -0.39 is 0 Å². The predicted octanol–water partition coefficient (Wildman–Crippen LogP) is 5.73. The zero-order valence-corrected chi connectivity index (χ0v) is 15.8. The number of hydrogen-bond donors (Lipinski definition) is 0. The summed E-state index contributed by atoms with van der Waals surface area (Å²) < 4.78 is 7.67. The Bertz CT molecular complexity index is 1390. The highest BCUT2D eigenvalue weighted by Gasteiger charge is 2.14. The Hall–Kier alpha value is -4.10. The summed E-state index contributed by atoms with van der Waals surface area (Å²) in [6, 6.07) is 26.6. The van der Waals surface area contributed by atoms with Crippen molar-refractivity contribution in [2.24, 2.45) is 0 Å². The zero-order valence-electron chi connectivity index (χ0n) is 15.8. The van der Waals surface area contributed by atoms with Crippen molar-refractivity contribution in [2.75, 3.05) is 7.11 Å². The minimum Gasteiger partial charge on any atom is -0.497 e. The summed E-state index contributed by atoms with van der Waals surface area (Å²) in [6.07, 6.45) is 3.49. The zero-order chi connectivity index (χ0) is 19.8. The number of nitriles is 1. The van der Waals surface area contributed by atoms with Crippen LogP contribution in [0, 0.1) is 11.3 Å². The van der Waals surface area contributed by atoms with Gasteiger partial charge in [0.05, 0.1) is 29.8 Å². The molecule has 5 rings (SSSR count). The van der Waals surface area contributed by atoms with Crippen molar-refractivity contribution in [1.82, 2.24) is 9.55 Å². The molecule has 29 heavy (non-hydrogen) atoms. The van der Waals surface area contributed by atoms with Crippen LogP contribution in [0.4, 0.5) is 0 Å². The molecular formula is C25H17N3O. The number of hydrogen-bond acceptors (Lipinski definition) is 3. The van der Waals surface area contributed by atoms with Crippen molar-refractivity contribution in [3.63, 3.8) is 0 Å². The Morgan fingerprint density at radius 1 is 0.862 bits per heavy atom. The Morgan fingerprint density at radius 2 is 1.66 bits per heavy atom. The maximum atomic E-state index is 9.62. The topological polar surface area (TPSA) is 50.8 Å². The molecule has 0 aliphatic heterocycles. The van der Waals surface area contributed by atoms with Gasteiger partial charge in [-0.15, -0.1) is 0 Å². The fraction of sp³-hybridized carbons (Fsp3) is 0.0400. The minimum atomic E-state index is 0.641. The molecule has 0 aliphatic carbocycles. The number of para-hydroxylation sites is 1. The smallest absolute Gasteiger partial charge is 0.119 e. The van der Waals surface area contributed by atoms with Crippen LogP contribution < -0.4 is 4.74 Å². The third-order valence-electron chi connectivity index (χ3n) is 5.25. The maximum Gasteiger partial charge on any atom is 0.119 e. The van der Waals surface area contributed by atoms with E-state index in [1.165, 1.54) is 0 Å². The molecule has 0 amide bonds. The van der Waals surface area contributed by atoms with Crippen molar-refractivity contribution >= 4 is 21.8 Å². The van der Waals surface area contributed by atoms with Gasteiger partial charge in [-0.25, -0.2) is 0 Å². The maximum absolute atomic E-state index is 9.62. The number of benzene rings is 3. The third-order valence-corrected chi connectivity index (χ3v) is 5.25. The van der Waals surface area contributed by atoms with E-state index in [0.717, 1.165) is 44.4 Å². The molecule has 0 N–H and O–H groups in total. The summed E-state index contributed by atoms with van der Waals surface area (Å²) in [5, 5.41) is 11.9. The summed E-state index contributed by atoms with van der Waals surface area (Å²) >= 11 is 0. The number of ether oxygens (including phenoxy) is 1. The van der Waals surface area contributed by atoms with Crippen molar-refractivity contribution in [2.45, 2.75) is 0 Å². The first-order valence-corrected chi connectivity index (χ1v) is 9.32. The van der Waals surface area contributed by atoms with E-state index in [9.17, 15) is 5.26 Å². The van der Waals surface area contributed by atoms with Gasteiger partial charge in [0.15, 0.2) is 0 Å². The Balaban J connectivity index is 1.83. The molecule has 3 aromatic carbocycles. The van der Waals surface area contributed by atoms with Gasteiger partial charge in [-0.2, -0.15) is 5.26 Å². The van der Waals surface area contributed by atoms with E-state index in [4.69, 9.17) is 4.74 Å². The largest absolute Gasteiger partial charge is 0.497 e. The lowest BCUT2D eigenvalue weighted by molar-refractivity contribution is 0.415. The number of nitrogens with zero attached hydrogens (tertiary/aromatic N) is 3. The van der Waals surface area contributed by atoms with Gasteiger partial charge in [0.1, 0.15) is 5.75 Å². The van der Waals surface area contributed by atoms with Crippen molar-refractivity contribution in [3.8, 4) is 28.6 Å². The quantitative estimate of drug-likeness (QED) is 0.405. The number of methoxy groups -OCH3 is 1. The van der Waals surface area contributed by atoms with Crippen molar-refractivity contribution in [3.05, 3.63) is 90.8 Å². The lowest BCUT2D eigenvalue weighted by atomic mass is 10.0. The number of aromatic nitrogens is 2. The highest BCUT2D eigenvalue weighted by atomic mass is 16.5. The molecule has 0 atom stereocenters. The van der Waals surface area contributed by atoms with E-state index in [-0.39, 0.29) is 0 Å². The third kappa shape index (κ3) is 2.72. The number of pyridine rings is 1. The molecule has 2 heterocycles. The molecule has 5 aromatic rings. The first-order chi connectivity index (χ1) is 14.3. The van der Waals surface area contributed by atoms with Crippen LogP contribution in [0.3, 0.4) is 0 Å². The monoisotopic (exact) mass is 375 g/mol. The molecule has 0 saturated carbocycles. The standard InChI is InChI=1S/C25H17N3O/c1-29-20-8-9-25-23(15-20)21-4-2-3-5-24(21)28(25)19-7-6-18(16-26)22(14-19)17-10-12-27-13-11-17/h2-15H,1H3. The van der Waals surface area contributed by atoms with E-state index in [0.29, 0.717) is 5.56 Å². The van der Waals surface area contributed by atoms with E-state index in [1.807, 2.05) is 42.5 Å². The lowest BCUT2D eigenvalue weighted by Gasteiger charge is -2.12. The van der Waals surface area contributed by atoms with Gasteiger partial charge in [0.25, 0.3) is 0 Å². The van der Waals surface area contributed by atoms with Crippen LogP contribution in [-0.4, -0.2) is 16.7 Å². The molecule has 0 saturated heterocycles. The SMILES string of the molecule is COc1ccc2c(c1)c1ccccc1n2-c1ccc(C#N)c(-c2ccncc2)c1. The summed E-state index contributed by atoms with van der Waals surface area (Å²) in [5.41, 5.74) is 5.72. The van der Waals surface area contributed by atoms with Crippen LogP contribution in [0.5, 0.6) is 5.75 Å². The van der Waals surface area contributed by atoms with Gasteiger partial charge in [0.2, 0.25) is 0 Å². The highest BCUT2D eigenvalue weighted by molar-refractivity contribution is 6.09. The molecular weight excluding hydrogens is 358 g/mol. The van der Waals surface area contributed by atoms with Gasteiger partial charge >= 0.3 is 0 Å². The molecule has 2 aromatic heterocycles. The van der Waals surface area contributed by atoms with Crippen LogP contribution in [0.15, 0.2) is 85.2 Å². The fourth-order valence-corrected chi connectivity index (χ4v) is 3.90. The molecule has 0 radical (unpaired) electrons.